The molecule has 0 spiro atoms. The molecular formula is C25H30N2O4. The molecule has 31 heavy (non-hydrogen) atoms. The zero-order valence-electron chi connectivity index (χ0n) is 17.8. The summed E-state index contributed by atoms with van der Waals surface area (Å²) in [6.45, 7) is 2.76. The summed E-state index contributed by atoms with van der Waals surface area (Å²) in [4.78, 5) is 15.7. The summed E-state index contributed by atoms with van der Waals surface area (Å²) >= 11 is 0. The summed E-state index contributed by atoms with van der Waals surface area (Å²) in [7, 11) is 0. The van der Waals surface area contributed by atoms with Gasteiger partial charge < -0.3 is 19.9 Å². The highest BCUT2D eigenvalue weighted by Crippen LogP contribution is 2.41. The van der Waals surface area contributed by atoms with Gasteiger partial charge in [0.25, 0.3) is 5.91 Å². The highest BCUT2D eigenvalue weighted by molar-refractivity contribution is 5.87. The number of fused-ring (bicyclic) bond motifs is 1. The number of benzene rings is 2. The first kappa shape index (κ1) is 20.3. The van der Waals surface area contributed by atoms with Crippen molar-refractivity contribution in [1.29, 1.82) is 0 Å². The van der Waals surface area contributed by atoms with Gasteiger partial charge in [0, 0.05) is 31.6 Å². The SMILES string of the molecule is O=C(N[C@H]1CCN(Cc2ccc3c(c2)OCO3)C1)C(O)(c1ccccc1)C1CCCC1. The second kappa shape index (κ2) is 8.52. The fourth-order valence-corrected chi connectivity index (χ4v) is 5.28. The number of hydrogen-bond donors (Lipinski definition) is 2. The molecule has 1 amide bonds. The molecule has 0 radical (unpaired) electrons. The maximum atomic E-state index is 13.4. The lowest BCUT2D eigenvalue weighted by Crippen LogP contribution is -2.52. The Morgan fingerprint density at radius 1 is 1.06 bits per heavy atom. The van der Waals surface area contributed by atoms with Crippen molar-refractivity contribution in [3.05, 3.63) is 59.7 Å². The maximum Gasteiger partial charge on any atom is 0.257 e. The predicted octanol–water partition coefficient (Wildman–Crippen LogP) is 3.18. The lowest BCUT2D eigenvalue weighted by molar-refractivity contribution is -0.148. The lowest BCUT2D eigenvalue weighted by Gasteiger charge is -2.34. The van der Waals surface area contributed by atoms with E-state index >= 15 is 0 Å². The molecular weight excluding hydrogens is 392 g/mol. The first-order valence-corrected chi connectivity index (χ1v) is 11.3. The van der Waals surface area contributed by atoms with Gasteiger partial charge in [0.05, 0.1) is 0 Å². The maximum absolute atomic E-state index is 13.4. The van der Waals surface area contributed by atoms with Gasteiger partial charge in [-0.25, -0.2) is 0 Å². The molecule has 2 N–H and O–H groups in total. The van der Waals surface area contributed by atoms with Gasteiger partial charge in [-0.05, 0) is 42.5 Å². The number of nitrogens with one attached hydrogen (secondary N) is 1. The van der Waals surface area contributed by atoms with E-state index in [-0.39, 0.29) is 24.7 Å². The number of ether oxygens (including phenoxy) is 2. The van der Waals surface area contributed by atoms with Gasteiger partial charge in [-0.1, -0.05) is 49.2 Å². The number of aliphatic hydroxyl groups is 1. The van der Waals surface area contributed by atoms with Crippen molar-refractivity contribution in [2.24, 2.45) is 5.92 Å². The Morgan fingerprint density at radius 2 is 1.84 bits per heavy atom. The molecule has 1 aliphatic carbocycles. The molecule has 6 nitrogen and oxygen atoms in total. The highest BCUT2D eigenvalue weighted by atomic mass is 16.7. The van der Waals surface area contributed by atoms with Gasteiger partial charge in [0.1, 0.15) is 0 Å². The van der Waals surface area contributed by atoms with Crippen molar-refractivity contribution in [2.75, 3.05) is 19.9 Å². The minimum absolute atomic E-state index is 0.0268. The Balaban J connectivity index is 1.24. The Kier molecular flexibility index (Phi) is 5.59. The van der Waals surface area contributed by atoms with E-state index in [0.29, 0.717) is 5.56 Å². The standard InChI is InChI=1S/C25H30N2O4/c28-24(25(29,20-8-4-5-9-20)19-6-2-1-3-7-19)26-21-12-13-27(16-21)15-18-10-11-22-23(14-18)31-17-30-22/h1-3,6-7,10-11,14,20-21,29H,4-5,8-9,12-13,15-17H2,(H,26,28)/t21-,25?/m0/s1. The zero-order chi connectivity index (χ0) is 21.3. The predicted molar refractivity (Wildman–Crippen MR) is 117 cm³/mol. The summed E-state index contributed by atoms with van der Waals surface area (Å²) < 4.78 is 10.9. The molecule has 0 aromatic heterocycles. The number of amides is 1. The van der Waals surface area contributed by atoms with Crippen molar-refractivity contribution in [2.45, 2.75) is 50.3 Å². The van der Waals surface area contributed by atoms with Crippen LogP contribution in [0.1, 0.15) is 43.2 Å². The van der Waals surface area contributed by atoms with Crippen LogP contribution in [0.5, 0.6) is 11.5 Å². The average Bonchev–Trinajstić information content (AvgIpc) is 3.56. The third-order valence-corrected chi connectivity index (χ3v) is 6.96. The van der Waals surface area contributed by atoms with Crippen molar-refractivity contribution < 1.29 is 19.4 Å². The van der Waals surface area contributed by atoms with Gasteiger partial charge in [-0.15, -0.1) is 0 Å². The minimum Gasteiger partial charge on any atom is -0.454 e. The van der Waals surface area contributed by atoms with Gasteiger partial charge in [0.2, 0.25) is 6.79 Å². The molecule has 2 aliphatic heterocycles. The Morgan fingerprint density at radius 3 is 2.65 bits per heavy atom. The molecule has 2 atom stereocenters. The number of rotatable bonds is 6. The molecule has 1 unspecified atom stereocenters. The topological polar surface area (TPSA) is 71.0 Å². The normalized spacial score (nSPS) is 23.1. The molecule has 6 heteroatoms. The van der Waals surface area contributed by atoms with E-state index in [2.05, 4.69) is 16.3 Å². The molecule has 1 saturated carbocycles. The molecule has 2 aromatic carbocycles. The summed E-state index contributed by atoms with van der Waals surface area (Å²) in [5, 5.41) is 14.8. The van der Waals surface area contributed by atoms with E-state index in [4.69, 9.17) is 9.47 Å². The molecule has 0 bridgehead atoms. The number of likely N-dealkylation sites (tertiary alicyclic amines) is 1. The van der Waals surface area contributed by atoms with Gasteiger partial charge in [-0.3, -0.25) is 9.69 Å². The third-order valence-electron chi connectivity index (χ3n) is 6.96. The van der Waals surface area contributed by atoms with Crippen LogP contribution in [0.4, 0.5) is 0 Å². The Hall–Kier alpha value is -2.57. The number of carbonyl (C=O) groups excluding carboxylic acids is 1. The van der Waals surface area contributed by atoms with Gasteiger partial charge in [-0.2, -0.15) is 0 Å². The fourth-order valence-electron chi connectivity index (χ4n) is 5.28. The second-order valence-corrected chi connectivity index (χ2v) is 9.00. The van der Waals surface area contributed by atoms with Crippen LogP contribution < -0.4 is 14.8 Å². The van der Waals surface area contributed by atoms with Crippen LogP contribution in [-0.2, 0) is 16.9 Å². The number of nitrogens with zero attached hydrogens (tertiary/aromatic N) is 1. The van der Waals surface area contributed by atoms with E-state index < -0.39 is 5.60 Å². The zero-order valence-corrected chi connectivity index (χ0v) is 17.8. The second-order valence-electron chi connectivity index (χ2n) is 9.00. The molecule has 2 heterocycles. The van der Waals surface area contributed by atoms with Crippen LogP contribution in [0.25, 0.3) is 0 Å². The van der Waals surface area contributed by atoms with Crippen molar-refractivity contribution >= 4 is 5.91 Å². The van der Waals surface area contributed by atoms with Crippen LogP contribution in [0, 0.1) is 5.92 Å². The van der Waals surface area contributed by atoms with Crippen LogP contribution >= 0.6 is 0 Å². The van der Waals surface area contributed by atoms with E-state index in [9.17, 15) is 9.90 Å². The van der Waals surface area contributed by atoms with Crippen molar-refractivity contribution in [3.63, 3.8) is 0 Å². The van der Waals surface area contributed by atoms with Crippen LogP contribution in [0.3, 0.4) is 0 Å². The average molecular weight is 423 g/mol. The number of hydrogen-bond acceptors (Lipinski definition) is 5. The summed E-state index contributed by atoms with van der Waals surface area (Å²) in [6.07, 6.45) is 4.80. The molecule has 1 saturated heterocycles. The Labute approximate surface area is 183 Å². The monoisotopic (exact) mass is 422 g/mol. The van der Waals surface area contributed by atoms with E-state index in [1.807, 2.05) is 42.5 Å². The first-order chi connectivity index (χ1) is 15.1. The smallest absolute Gasteiger partial charge is 0.257 e. The first-order valence-electron chi connectivity index (χ1n) is 11.3. The quantitative estimate of drug-likeness (QED) is 0.748. The lowest BCUT2D eigenvalue weighted by atomic mass is 9.79. The molecule has 3 aliphatic rings. The molecule has 164 valence electrons. The van der Waals surface area contributed by atoms with Crippen molar-refractivity contribution in [3.8, 4) is 11.5 Å². The largest absolute Gasteiger partial charge is 0.454 e. The van der Waals surface area contributed by atoms with Gasteiger partial charge in [0.15, 0.2) is 17.1 Å². The summed E-state index contributed by atoms with van der Waals surface area (Å²) in [5.74, 6) is 1.31. The minimum atomic E-state index is -1.46. The van der Waals surface area contributed by atoms with Crippen LogP contribution in [-0.4, -0.2) is 41.8 Å². The highest BCUT2D eigenvalue weighted by Gasteiger charge is 2.47. The fraction of sp³-hybridized carbons (Fsp3) is 0.480. The number of carbonyl (C=O) groups is 1. The van der Waals surface area contributed by atoms with E-state index in [1.54, 1.807) is 0 Å². The summed E-state index contributed by atoms with van der Waals surface area (Å²) in [5.41, 5.74) is 0.417. The van der Waals surface area contributed by atoms with E-state index in [0.717, 1.165) is 63.2 Å². The molecule has 2 aromatic rings. The third kappa shape index (κ3) is 4.02. The van der Waals surface area contributed by atoms with Crippen LogP contribution in [0.2, 0.25) is 0 Å². The van der Waals surface area contributed by atoms with Gasteiger partial charge >= 0.3 is 0 Å². The Bertz CT molecular complexity index is 928. The van der Waals surface area contributed by atoms with E-state index in [1.165, 1.54) is 5.56 Å². The van der Waals surface area contributed by atoms with Crippen LogP contribution in [0.15, 0.2) is 48.5 Å². The van der Waals surface area contributed by atoms with Crippen molar-refractivity contribution in [1.82, 2.24) is 10.2 Å². The summed E-state index contributed by atoms with van der Waals surface area (Å²) in [6, 6.07) is 15.5. The molecule has 2 fully saturated rings. The molecule has 5 rings (SSSR count).